The molecule has 140 valence electrons. The summed E-state index contributed by atoms with van der Waals surface area (Å²) in [4.78, 5) is 26.5. The molecule has 27 heavy (non-hydrogen) atoms. The van der Waals surface area contributed by atoms with Crippen LogP contribution in [0.15, 0.2) is 52.1 Å². The number of nitro groups is 1. The lowest BCUT2D eigenvalue weighted by molar-refractivity contribution is -0.384. The number of hydrogen-bond donors (Lipinski definition) is 1. The number of carbonyl (C=O) groups is 1. The molecule has 2 aromatic carbocycles. The van der Waals surface area contributed by atoms with Crippen LogP contribution in [-0.4, -0.2) is 35.2 Å². The molecular weight excluding hydrogens is 370 g/mol. The summed E-state index contributed by atoms with van der Waals surface area (Å²) < 4.78 is 10.8. The number of aromatic nitrogens is 1. The fraction of sp³-hybridized carbons (Fsp3) is 0.222. The number of methoxy groups -OCH3 is 1. The summed E-state index contributed by atoms with van der Waals surface area (Å²) in [5.74, 6) is 0.783. The predicted octanol–water partition coefficient (Wildman–Crippen LogP) is 3.20. The number of rotatable bonds is 8. The second kappa shape index (κ2) is 8.54. The lowest BCUT2D eigenvalue weighted by atomic mass is 10.1. The highest BCUT2D eigenvalue weighted by Gasteiger charge is 2.13. The van der Waals surface area contributed by atoms with Crippen LogP contribution in [0.25, 0.3) is 11.1 Å². The number of non-ortho nitro benzene ring substituents is 1. The van der Waals surface area contributed by atoms with Crippen LogP contribution in [0.2, 0.25) is 0 Å². The molecule has 0 aliphatic rings. The average molecular weight is 387 g/mol. The van der Waals surface area contributed by atoms with Gasteiger partial charge in [0.1, 0.15) is 11.3 Å². The summed E-state index contributed by atoms with van der Waals surface area (Å²) in [5.41, 5.74) is 1.80. The maximum atomic E-state index is 12.0. The van der Waals surface area contributed by atoms with Crippen molar-refractivity contribution in [1.29, 1.82) is 0 Å². The highest BCUT2D eigenvalue weighted by molar-refractivity contribution is 7.99. The zero-order valence-corrected chi connectivity index (χ0v) is 15.3. The predicted molar refractivity (Wildman–Crippen MR) is 101 cm³/mol. The molecule has 0 spiro atoms. The monoisotopic (exact) mass is 387 g/mol. The van der Waals surface area contributed by atoms with Crippen molar-refractivity contribution in [3.8, 4) is 5.75 Å². The number of nitrogens with one attached hydrogen (secondary N) is 1. The summed E-state index contributed by atoms with van der Waals surface area (Å²) in [6.45, 7) is 0.486. The number of benzene rings is 2. The molecule has 0 aliphatic heterocycles. The molecular formula is C18H17N3O5S. The largest absolute Gasteiger partial charge is 0.496 e. The Labute approximate surface area is 159 Å². The van der Waals surface area contributed by atoms with Gasteiger partial charge < -0.3 is 14.5 Å². The first kappa shape index (κ1) is 18.7. The van der Waals surface area contributed by atoms with Gasteiger partial charge in [-0.2, -0.15) is 0 Å². The van der Waals surface area contributed by atoms with Crippen LogP contribution >= 0.6 is 11.8 Å². The average Bonchev–Trinajstić information content (AvgIpc) is 3.08. The third-order valence-electron chi connectivity index (χ3n) is 3.80. The van der Waals surface area contributed by atoms with Crippen molar-refractivity contribution in [3.05, 3.63) is 58.1 Å². The minimum absolute atomic E-state index is 0.0542. The fourth-order valence-corrected chi connectivity index (χ4v) is 3.16. The first-order valence-electron chi connectivity index (χ1n) is 8.13. The van der Waals surface area contributed by atoms with E-state index in [1.54, 1.807) is 7.11 Å². The Balaban J connectivity index is 1.50. The first-order valence-corrected chi connectivity index (χ1v) is 9.12. The molecule has 0 bridgehead atoms. The van der Waals surface area contributed by atoms with Gasteiger partial charge in [-0.25, -0.2) is 4.98 Å². The van der Waals surface area contributed by atoms with E-state index in [1.807, 2.05) is 24.3 Å². The molecule has 3 aromatic rings. The van der Waals surface area contributed by atoms with Gasteiger partial charge >= 0.3 is 0 Å². The second-order valence-electron chi connectivity index (χ2n) is 5.59. The van der Waals surface area contributed by atoms with Crippen molar-refractivity contribution >= 4 is 34.5 Å². The van der Waals surface area contributed by atoms with Gasteiger partial charge in [-0.15, -0.1) is 0 Å². The molecule has 0 fully saturated rings. The number of ether oxygens (including phenoxy) is 1. The minimum atomic E-state index is -0.490. The zero-order valence-electron chi connectivity index (χ0n) is 14.5. The van der Waals surface area contributed by atoms with Crippen molar-refractivity contribution in [2.75, 3.05) is 19.4 Å². The summed E-state index contributed by atoms with van der Waals surface area (Å²) in [7, 11) is 1.61. The SMILES string of the molecule is COc1ccccc1CCNC(=O)CSc1nc2cc([N+](=O)[O-])ccc2o1. The van der Waals surface area contributed by atoms with Crippen molar-refractivity contribution in [3.63, 3.8) is 0 Å². The quantitative estimate of drug-likeness (QED) is 0.359. The minimum Gasteiger partial charge on any atom is -0.496 e. The van der Waals surface area contributed by atoms with E-state index in [0.29, 0.717) is 29.3 Å². The van der Waals surface area contributed by atoms with E-state index >= 15 is 0 Å². The first-order chi connectivity index (χ1) is 13.1. The van der Waals surface area contributed by atoms with E-state index in [-0.39, 0.29) is 17.3 Å². The number of nitro benzene ring substituents is 1. The lowest BCUT2D eigenvalue weighted by Gasteiger charge is -2.08. The van der Waals surface area contributed by atoms with E-state index in [1.165, 1.54) is 18.2 Å². The number of carbonyl (C=O) groups excluding carboxylic acids is 1. The molecule has 1 N–H and O–H groups in total. The Kier molecular flexibility index (Phi) is 5.92. The van der Waals surface area contributed by atoms with Gasteiger partial charge in [-0.1, -0.05) is 30.0 Å². The number of para-hydroxylation sites is 1. The van der Waals surface area contributed by atoms with Crippen LogP contribution in [0.4, 0.5) is 5.69 Å². The molecule has 0 aliphatic carbocycles. The highest BCUT2D eigenvalue weighted by Crippen LogP contribution is 2.26. The summed E-state index contributed by atoms with van der Waals surface area (Å²) >= 11 is 1.14. The number of oxazole rings is 1. The Hall–Kier alpha value is -3.07. The summed E-state index contributed by atoms with van der Waals surface area (Å²) in [6.07, 6.45) is 0.660. The highest BCUT2D eigenvalue weighted by atomic mass is 32.2. The van der Waals surface area contributed by atoms with Crippen LogP contribution in [0.3, 0.4) is 0 Å². The summed E-state index contributed by atoms with van der Waals surface area (Å²) in [5, 5.41) is 13.9. The van der Waals surface area contributed by atoms with Crippen LogP contribution in [-0.2, 0) is 11.2 Å². The van der Waals surface area contributed by atoms with E-state index < -0.39 is 4.92 Å². The summed E-state index contributed by atoms with van der Waals surface area (Å²) in [6, 6.07) is 11.8. The third kappa shape index (κ3) is 4.76. The smallest absolute Gasteiger partial charge is 0.271 e. The van der Waals surface area contributed by atoms with E-state index in [4.69, 9.17) is 9.15 Å². The standard InChI is InChI=1S/C18H17N3O5S/c1-25-15-5-3-2-4-12(15)8-9-19-17(22)11-27-18-20-14-10-13(21(23)24)6-7-16(14)26-18/h2-7,10H,8-9,11H2,1H3,(H,19,22). The number of nitrogens with zero attached hydrogens (tertiary/aromatic N) is 2. The van der Waals surface area contributed by atoms with Gasteiger partial charge in [-0.05, 0) is 24.1 Å². The van der Waals surface area contributed by atoms with E-state index in [0.717, 1.165) is 23.1 Å². The van der Waals surface area contributed by atoms with Gasteiger partial charge in [-0.3, -0.25) is 14.9 Å². The molecule has 9 heteroatoms. The van der Waals surface area contributed by atoms with Gasteiger partial charge in [0.05, 0.1) is 17.8 Å². The van der Waals surface area contributed by atoms with Crippen LogP contribution in [0, 0.1) is 10.1 Å². The maximum Gasteiger partial charge on any atom is 0.271 e. The maximum absolute atomic E-state index is 12.0. The molecule has 0 radical (unpaired) electrons. The molecule has 1 aromatic heterocycles. The Bertz CT molecular complexity index is 973. The van der Waals surface area contributed by atoms with Crippen molar-refractivity contribution in [2.24, 2.45) is 0 Å². The molecule has 1 heterocycles. The molecule has 0 saturated carbocycles. The van der Waals surface area contributed by atoms with Gasteiger partial charge in [0.15, 0.2) is 5.58 Å². The van der Waals surface area contributed by atoms with E-state index in [2.05, 4.69) is 10.3 Å². The molecule has 3 rings (SSSR count). The van der Waals surface area contributed by atoms with Crippen molar-refractivity contribution < 1.29 is 18.9 Å². The molecule has 0 saturated heterocycles. The van der Waals surface area contributed by atoms with Crippen LogP contribution in [0.1, 0.15) is 5.56 Å². The Morgan fingerprint density at radius 3 is 2.93 bits per heavy atom. The topological polar surface area (TPSA) is 108 Å². The lowest BCUT2D eigenvalue weighted by Crippen LogP contribution is -2.27. The molecule has 8 nitrogen and oxygen atoms in total. The fourth-order valence-electron chi connectivity index (χ4n) is 2.49. The Morgan fingerprint density at radius 2 is 2.15 bits per heavy atom. The van der Waals surface area contributed by atoms with Crippen LogP contribution < -0.4 is 10.1 Å². The number of fused-ring (bicyclic) bond motifs is 1. The van der Waals surface area contributed by atoms with E-state index in [9.17, 15) is 14.9 Å². The van der Waals surface area contributed by atoms with Crippen LogP contribution in [0.5, 0.6) is 5.75 Å². The number of thioether (sulfide) groups is 1. The van der Waals surface area contributed by atoms with Gasteiger partial charge in [0, 0.05) is 18.7 Å². The second-order valence-corrected chi connectivity index (χ2v) is 6.52. The third-order valence-corrected chi connectivity index (χ3v) is 4.63. The normalized spacial score (nSPS) is 10.7. The number of amides is 1. The zero-order chi connectivity index (χ0) is 19.2. The number of hydrogen-bond acceptors (Lipinski definition) is 7. The molecule has 1 amide bonds. The Morgan fingerprint density at radius 1 is 1.33 bits per heavy atom. The van der Waals surface area contributed by atoms with Crippen molar-refractivity contribution in [1.82, 2.24) is 10.3 Å². The van der Waals surface area contributed by atoms with Gasteiger partial charge in [0.2, 0.25) is 5.91 Å². The van der Waals surface area contributed by atoms with Gasteiger partial charge in [0.25, 0.3) is 10.9 Å². The molecule has 0 unspecified atom stereocenters. The van der Waals surface area contributed by atoms with Crippen molar-refractivity contribution in [2.45, 2.75) is 11.6 Å². The molecule has 0 atom stereocenters.